The van der Waals surface area contributed by atoms with E-state index in [1.807, 2.05) is 0 Å². The largest absolute Gasteiger partial charge is 0.316 e. The molecule has 35 heavy (non-hydrogen) atoms. The van der Waals surface area contributed by atoms with Gasteiger partial charge in [0, 0.05) is 42.4 Å². The third-order valence-corrected chi connectivity index (χ3v) is 8.95. The molecule has 2 aromatic heterocycles. The van der Waals surface area contributed by atoms with Gasteiger partial charge in [0.05, 0.1) is 16.7 Å². The first-order chi connectivity index (χ1) is 16.4. The zero-order valence-corrected chi connectivity index (χ0v) is 21.0. The Morgan fingerprint density at radius 1 is 1.09 bits per heavy atom. The minimum Gasteiger partial charge on any atom is -0.316 e. The van der Waals surface area contributed by atoms with E-state index in [0.717, 1.165) is 3.97 Å². The summed E-state index contributed by atoms with van der Waals surface area (Å²) >= 11 is 0. The van der Waals surface area contributed by atoms with Crippen LogP contribution in [0, 0.1) is 0 Å². The van der Waals surface area contributed by atoms with Crippen molar-refractivity contribution >= 4 is 42.2 Å². The molecule has 0 saturated carbocycles. The minimum atomic E-state index is -3.97. The Morgan fingerprint density at radius 3 is 2.43 bits per heavy atom. The van der Waals surface area contributed by atoms with Crippen molar-refractivity contribution in [1.29, 1.82) is 0 Å². The van der Waals surface area contributed by atoms with Gasteiger partial charge in [-0.2, -0.15) is 4.40 Å². The van der Waals surface area contributed by atoms with Crippen molar-refractivity contribution in [2.24, 2.45) is 11.4 Å². The maximum atomic E-state index is 15.0. The summed E-state index contributed by atoms with van der Waals surface area (Å²) in [5, 5.41) is -0.511. The van der Waals surface area contributed by atoms with Gasteiger partial charge in [0.2, 0.25) is 10.0 Å². The van der Waals surface area contributed by atoms with Crippen LogP contribution in [0.15, 0.2) is 76.0 Å². The molecule has 1 aliphatic rings. The molecular weight excluding hydrogens is 493 g/mol. The van der Waals surface area contributed by atoms with Crippen LogP contribution in [-0.4, -0.2) is 36.3 Å². The van der Waals surface area contributed by atoms with E-state index < -0.39 is 36.7 Å². The van der Waals surface area contributed by atoms with Crippen molar-refractivity contribution in [3.05, 3.63) is 88.3 Å². The zero-order valence-electron chi connectivity index (χ0n) is 19.3. The molecule has 0 spiro atoms. The number of aromatic nitrogens is 2. The Bertz CT molecular complexity index is 1680. The highest BCUT2D eigenvalue weighted by Gasteiger charge is 2.25. The van der Waals surface area contributed by atoms with Crippen molar-refractivity contribution in [2.45, 2.75) is 31.3 Å². The predicted octanol–water partition coefficient (Wildman–Crippen LogP) is 3.54. The summed E-state index contributed by atoms with van der Waals surface area (Å²) in [5.41, 5.74) is 0.286. The van der Waals surface area contributed by atoms with E-state index in [0.29, 0.717) is 5.56 Å². The molecule has 1 aromatic carbocycles. The second-order valence-electron chi connectivity index (χ2n) is 8.54. The SMILES string of the molecule is CC(C)S(=O)(=O)N=C1C=C(c2cn(C)c(=O)c3c2ccn3S(=O)(=O)Cc2ccccc2)C(F)=CC1. The molecule has 1 aliphatic carbocycles. The molecular formula is C24H24FN3O5S2. The molecule has 8 nitrogen and oxygen atoms in total. The van der Waals surface area contributed by atoms with Gasteiger partial charge in [-0.05, 0) is 37.6 Å². The molecule has 11 heteroatoms. The Morgan fingerprint density at radius 2 is 1.77 bits per heavy atom. The second kappa shape index (κ2) is 9.04. The highest BCUT2D eigenvalue weighted by molar-refractivity contribution is 7.90. The average Bonchev–Trinajstić information content (AvgIpc) is 3.24. The number of fused-ring (bicyclic) bond motifs is 1. The molecule has 0 radical (unpaired) electrons. The first-order valence-electron chi connectivity index (χ1n) is 10.8. The van der Waals surface area contributed by atoms with Gasteiger partial charge in [-0.15, -0.1) is 0 Å². The van der Waals surface area contributed by atoms with E-state index >= 15 is 0 Å². The fourth-order valence-corrected chi connectivity index (χ4v) is 5.89. The van der Waals surface area contributed by atoms with Crippen LogP contribution < -0.4 is 5.56 Å². The Hall–Kier alpha value is -3.31. The third kappa shape index (κ3) is 4.78. The molecule has 0 aliphatic heterocycles. The smallest absolute Gasteiger partial charge is 0.275 e. The van der Waals surface area contributed by atoms with Crippen LogP contribution in [-0.2, 0) is 32.8 Å². The highest BCUT2D eigenvalue weighted by Crippen LogP contribution is 2.33. The van der Waals surface area contributed by atoms with E-state index in [4.69, 9.17) is 0 Å². The van der Waals surface area contributed by atoms with Crippen LogP contribution in [0.4, 0.5) is 4.39 Å². The van der Waals surface area contributed by atoms with Gasteiger partial charge in [-0.25, -0.2) is 25.2 Å². The Balaban J connectivity index is 1.90. The van der Waals surface area contributed by atoms with Crippen molar-refractivity contribution in [1.82, 2.24) is 8.54 Å². The fourth-order valence-electron chi connectivity index (χ4n) is 3.77. The monoisotopic (exact) mass is 517 g/mol. The molecule has 184 valence electrons. The molecule has 0 fully saturated rings. The van der Waals surface area contributed by atoms with Crippen LogP contribution in [0.1, 0.15) is 31.4 Å². The lowest BCUT2D eigenvalue weighted by Crippen LogP contribution is -2.23. The van der Waals surface area contributed by atoms with Crippen LogP contribution in [0.3, 0.4) is 0 Å². The Labute approximate surface area is 202 Å². The number of allylic oxidation sites excluding steroid dienone is 4. The molecule has 0 saturated heterocycles. The lowest BCUT2D eigenvalue weighted by Gasteiger charge is -2.15. The van der Waals surface area contributed by atoms with Gasteiger partial charge >= 0.3 is 0 Å². The highest BCUT2D eigenvalue weighted by atomic mass is 32.2. The molecule has 0 amide bonds. The first-order valence-corrected chi connectivity index (χ1v) is 13.9. The van der Waals surface area contributed by atoms with E-state index in [1.165, 1.54) is 56.1 Å². The number of aryl methyl sites for hydroxylation is 1. The van der Waals surface area contributed by atoms with E-state index in [1.54, 1.807) is 30.3 Å². The topological polar surface area (TPSA) is 108 Å². The fraction of sp³-hybridized carbons (Fsp3) is 0.250. The maximum absolute atomic E-state index is 15.0. The number of pyridine rings is 1. The van der Waals surface area contributed by atoms with Crippen molar-refractivity contribution in [2.75, 3.05) is 0 Å². The van der Waals surface area contributed by atoms with Crippen molar-refractivity contribution in [3.8, 4) is 0 Å². The van der Waals surface area contributed by atoms with Crippen LogP contribution in [0.25, 0.3) is 16.5 Å². The van der Waals surface area contributed by atoms with Gasteiger partial charge in [-0.1, -0.05) is 30.3 Å². The number of hydrogen-bond acceptors (Lipinski definition) is 5. The summed E-state index contributed by atoms with van der Waals surface area (Å²) in [6.07, 6.45) is 5.20. The van der Waals surface area contributed by atoms with Gasteiger partial charge in [0.15, 0.2) is 0 Å². The minimum absolute atomic E-state index is 0.0113. The van der Waals surface area contributed by atoms with E-state index in [-0.39, 0.29) is 39.9 Å². The van der Waals surface area contributed by atoms with Crippen LogP contribution in [0.5, 0.6) is 0 Å². The number of sulfonamides is 1. The van der Waals surface area contributed by atoms with Crippen molar-refractivity contribution in [3.63, 3.8) is 0 Å². The second-order valence-corrected chi connectivity index (χ2v) is 12.5. The number of hydrogen-bond donors (Lipinski definition) is 0. The quantitative estimate of drug-likeness (QED) is 0.497. The van der Waals surface area contributed by atoms with Crippen LogP contribution in [0.2, 0.25) is 0 Å². The van der Waals surface area contributed by atoms with Gasteiger partial charge in [-0.3, -0.25) is 4.79 Å². The number of rotatable bonds is 6. The van der Waals surface area contributed by atoms with Gasteiger partial charge < -0.3 is 4.57 Å². The summed E-state index contributed by atoms with van der Waals surface area (Å²) in [6, 6.07) is 10.0. The summed E-state index contributed by atoms with van der Waals surface area (Å²) < 4.78 is 71.8. The third-order valence-electron chi connectivity index (χ3n) is 5.67. The zero-order chi connectivity index (χ0) is 25.5. The lowest BCUT2D eigenvalue weighted by molar-refractivity contribution is 0.587. The molecule has 0 atom stereocenters. The summed E-state index contributed by atoms with van der Waals surface area (Å²) in [6.45, 7) is 3.00. The van der Waals surface area contributed by atoms with Gasteiger partial charge in [0.1, 0.15) is 11.3 Å². The number of benzene rings is 1. The summed E-state index contributed by atoms with van der Waals surface area (Å²) in [4.78, 5) is 13.0. The number of halogens is 1. The molecule has 0 bridgehead atoms. The predicted molar refractivity (Wildman–Crippen MR) is 135 cm³/mol. The molecule has 0 unspecified atom stereocenters. The Kier molecular flexibility index (Phi) is 6.41. The summed E-state index contributed by atoms with van der Waals surface area (Å²) in [5.74, 6) is -0.947. The normalized spacial score (nSPS) is 16.1. The van der Waals surface area contributed by atoms with E-state index in [2.05, 4.69) is 4.40 Å². The molecule has 3 aromatic rings. The summed E-state index contributed by atoms with van der Waals surface area (Å²) in [7, 11) is -6.30. The molecule has 4 rings (SSSR count). The van der Waals surface area contributed by atoms with Crippen molar-refractivity contribution < 1.29 is 21.2 Å². The van der Waals surface area contributed by atoms with Crippen LogP contribution >= 0.6 is 0 Å². The number of nitrogens with zero attached hydrogens (tertiary/aromatic N) is 3. The molecule has 2 heterocycles. The average molecular weight is 518 g/mol. The molecule has 0 N–H and O–H groups in total. The maximum Gasteiger partial charge on any atom is 0.275 e. The van der Waals surface area contributed by atoms with Gasteiger partial charge in [0.25, 0.3) is 15.6 Å². The van der Waals surface area contributed by atoms with E-state index in [9.17, 15) is 26.0 Å². The first kappa shape index (κ1) is 24.8. The lowest BCUT2D eigenvalue weighted by atomic mass is 9.96. The standard InChI is InChI=1S/C24H24FN3O5S2/c1-16(2)35(32,33)26-18-9-10-22(25)20(13-18)21-14-27(3)24(29)23-19(21)11-12-28(23)34(30,31)15-17-7-5-4-6-8-17/h4-8,10-14,16H,9,15H2,1-3H3.